The minimum Gasteiger partial charge on any atom is -0.379 e. The summed E-state index contributed by atoms with van der Waals surface area (Å²) in [6, 6.07) is 5.87. The summed E-state index contributed by atoms with van der Waals surface area (Å²) in [5, 5.41) is 0.724. The van der Waals surface area contributed by atoms with Gasteiger partial charge in [-0.3, -0.25) is 9.30 Å². The van der Waals surface area contributed by atoms with Crippen LogP contribution in [-0.4, -0.2) is 47.1 Å². The van der Waals surface area contributed by atoms with Gasteiger partial charge in [-0.15, -0.1) is 0 Å². The summed E-state index contributed by atoms with van der Waals surface area (Å²) in [7, 11) is 0. The summed E-state index contributed by atoms with van der Waals surface area (Å²) < 4.78 is 7.36. The van der Waals surface area contributed by atoms with Crippen LogP contribution >= 0.6 is 11.6 Å². The molecular weight excluding hydrogens is 250 g/mol. The Morgan fingerprint density at radius 1 is 1.28 bits per heavy atom. The molecule has 0 spiro atoms. The second kappa shape index (κ2) is 5.26. The molecule has 3 heterocycles. The second-order valence-electron chi connectivity index (χ2n) is 4.49. The largest absolute Gasteiger partial charge is 0.379 e. The second-order valence-corrected chi connectivity index (χ2v) is 4.87. The molecule has 18 heavy (non-hydrogen) atoms. The average Bonchev–Trinajstić information content (AvgIpc) is 2.82. The minimum atomic E-state index is 0.724. The summed E-state index contributed by atoms with van der Waals surface area (Å²) in [6.07, 6.45) is 2.79. The van der Waals surface area contributed by atoms with Gasteiger partial charge in [0.2, 0.25) is 0 Å². The lowest BCUT2D eigenvalue weighted by Crippen LogP contribution is -2.37. The van der Waals surface area contributed by atoms with Gasteiger partial charge in [-0.2, -0.15) is 0 Å². The van der Waals surface area contributed by atoms with Crippen molar-refractivity contribution in [3.63, 3.8) is 0 Å². The first-order valence-electron chi connectivity index (χ1n) is 6.25. The molecule has 1 aliphatic rings. The molecule has 0 saturated carbocycles. The fraction of sp³-hybridized carbons (Fsp3) is 0.462. The van der Waals surface area contributed by atoms with Crippen LogP contribution in [0.4, 0.5) is 0 Å². The van der Waals surface area contributed by atoms with Crippen LogP contribution in [0, 0.1) is 0 Å². The van der Waals surface area contributed by atoms with Crippen LogP contribution in [-0.2, 0) is 11.2 Å². The van der Waals surface area contributed by atoms with Gasteiger partial charge in [-0.1, -0.05) is 17.7 Å². The van der Waals surface area contributed by atoms with Crippen LogP contribution in [0.5, 0.6) is 0 Å². The lowest BCUT2D eigenvalue weighted by atomic mass is 10.3. The molecule has 0 unspecified atom stereocenters. The van der Waals surface area contributed by atoms with Crippen molar-refractivity contribution < 1.29 is 4.74 Å². The Labute approximate surface area is 111 Å². The number of nitrogens with zero attached hydrogens (tertiary/aromatic N) is 3. The molecule has 0 N–H and O–H groups in total. The number of ether oxygens (including phenoxy) is 1. The average molecular weight is 266 g/mol. The van der Waals surface area contributed by atoms with E-state index < -0.39 is 0 Å². The molecule has 0 atom stereocenters. The standard InChI is InChI=1S/C13H16ClN3O/c14-12-3-1-2-11-10-15-13(17(11)12)4-5-16-6-8-18-9-7-16/h1-3,10H,4-9H2. The SMILES string of the molecule is Clc1cccc2cnc(CCN3CCOCC3)n12. The number of aromatic nitrogens is 2. The Bertz CT molecular complexity index is 534. The van der Waals surface area contributed by atoms with Gasteiger partial charge >= 0.3 is 0 Å². The molecule has 3 rings (SSSR count). The van der Waals surface area contributed by atoms with Crippen molar-refractivity contribution in [2.75, 3.05) is 32.8 Å². The van der Waals surface area contributed by atoms with E-state index in [2.05, 4.69) is 9.88 Å². The number of hydrogen-bond donors (Lipinski definition) is 0. The molecule has 2 aromatic rings. The number of hydrogen-bond acceptors (Lipinski definition) is 3. The number of rotatable bonds is 3. The van der Waals surface area contributed by atoms with E-state index in [1.807, 2.05) is 28.8 Å². The fourth-order valence-electron chi connectivity index (χ4n) is 2.33. The Balaban J connectivity index is 1.74. The van der Waals surface area contributed by atoms with E-state index in [9.17, 15) is 0 Å². The number of fused-ring (bicyclic) bond motifs is 1. The monoisotopic (exact) mass is 265 g/mol. The lowest BCUT2D eigenvalue weighted by Gasteiger charge is -2.26. The minimum absolute atomic E-state index is 0.724. The molecule has 0 bridgehead atoms. The quantitative estimate of drug-likeness (QED) is 0.794. The molecule has 0 aliphatic carbocycles. The van der Waals surface area contributed by atoms with Crippen molar-refractivity contribution in [1.29, 1.82) is 0 Å². The first kappa shape index (κ1) is 12.0. The molecule has 1 fully saturated rings. The summed E-state index contributed by atoms with van der Waals surface area (Å²) in [6.45, 7) is 4.70. The van der Waals surface area contributed by atoms with Crippen LogP contribution < -0.4 is 0 Å². The van der Waals surface area contributed by atoms with Gasteiger partial charge in [0.15, 0.2) is 0 Å². The molecule has 2 aromatic heterocycles. The highest BCUT2D eigenvalue weighted by molar-refractivity contribution is 6.29. The lowest BCUT2D eigenvalue weighted by molar-refractivity contribution is 0.0382. The van der Waals surface area contributed by atoms with Gasteiger partial charge in [-0.25, -0.2) is 4.98 Å². The zero-order valence-corrected chi connectivity index (χ0v) is 10.9. The Hall–Kier alpha value is -1.10. The third-order valence-corrected chi connectivity index (χ3v) is 3.63. The highest BCUT2D eigenvalue weighted by Crippen LogP contribution is 2.16. The normalized spacial score (nSPS) is 17.4. The van der Waals surface area contributed by atoms with Gasteiger partial charge in [0.05, 0.1) is 24.9 Å². The molecule has 0 aromatic carbocycles. The molecule has 0 radical (unpaired) electrons. The van der Waals surface area contributed by atoms with E-state index in [1.165, 1.54) is 0 Å². The molecular formula is C13H16ClN3O. The maximum atomic E-state index is 6.21. The molecule has 5 heteroatoms. The number of morpholine rings is 1. The summed E-state index contributed by atoms with van der Waals surface area (Å²) in [5.74, 6) is 1.03. The third-order valence-electron chi connectivity index (χ3n) is 3.33. The maximum absolute atomic E-state index is 6.21. The predicted molar refractivity (Wildman–Crippen MR) is 71.2 cm³/mol. The van der Waals surface area contributed by atoms with E-state index in [1.54, 1.807) is 0 Å². The zero-order chi connectivity index (χ0) is 12.4. The first-order chi connectivity index (χ1) is 8.84. The van der Waals surface area contributed by atoms with Crippen molar-refractivity contribution in [3.05, 3.63) is 35.4 Å². The van der Waals surface area contributed by atoms with Crippen molar-refractivity contribution in [2.45, 2.75) is 6.42 Å². The summed E-state index contributed by atoms with van der Waals surface area (Å²) in [4.78, 5) is 6.87. The fourth-order valence-corrected chi connectivity index (χ4v) is 2.60. The highest BCUT2D eigenvalue weighted by Gasteiger charge is 2.12. The van der Waals surface area contributed by atoms with E-state index in [0.717, 1.165) is 55.8 Å². The Morgan fingerprint density at radius 2 is 2.11 bits per heavy atom. The Kier molecular flexibility index (Phi) is 3.50. The molecule has 0 amide bonds. The smallest absolute Gasteiger partial charge is 0.115 e. The maximum Gasteiger partial charge on any atom is 0.115 e. The van der Waals surface area contributed by atoms with Gasteiger partial charge in [0.1, 0.15) is 11.0 Å². The first-order valence-corrected chi connectivity index (χ1v) is 6.63. The van der Waals surface area contributed by atoms with Crippen molar-refractivity contribution in [2.24, 2.45) is 0 Å². The van der Waals surface area contributed by atoms with Crippen LogP contribution in [0.2, 0.25) is 5.15 Å². The van der Waals surface area contributed by atoms with Gasteiger partial charge < -0.3 is 4.74 Å². The Morgan fingerprint density at radius 3 is 2.94 bits per heavy atom. The summed E-state index contributed by atoms with van der Waals surface area (Å²) in [5.41, 5.74) is 1.06. The predicted octanol–water partition coefficient (Wildman–Crippen LogP) is 1.86. The van der Waals surface area contributed by atoms with Crippen LogP contribution in [0.1, 0.15) is 5.82 Å². The number of imidazole rings is 1. The highest BCUT2D eigenvalue weighted by atomic mass is 35.5. The van der Waals surface area contributed by atoms with Crippen molar-refractivity contribution >= 4 is 17.1 Å². The number of pyridine rings is 1. The summed E-state index contributed by atoms with van der Waals surface area (Å²) >= 11 is 6.21. The molecule has 96 valence electrons. The van der Waals surface area contributed by atoms with Crippen LogP contribution in [0.3, 0.4) is 0 Å². The van der Waals surface area contributed by atoms with Gasteiger partial charge in [0, 0.05) is 26.1 Å². The van der Waals surface area contributed by atoms with E-state index in [-0.39, 0.29) is 0 Å². The molecule has 1 aliphatic heterocycles. The van der Waals surface area contributed by atoms with Gasteiger partial charge in [-0.05, 0) is 12.1 Å². The topological polar surface area (TPSA) is 29.8 Å². The molecule has 1 saturated heterocycles. The van der Waals surface area contributed by atoms with Crippen LogP contribution in [0.15, 0.2) is 24.4 Å². The van der Waals surface area contributed by atoms with E-state index in [0.29, 0.717) is 0 Å². The van der Waals surface area contributed by atoms with E-state index in [4.69, 9.17) is 16.3 Å². The van der Waals surface area contributed by atoms with Gasteiger partial charge in [0.25, 0.3) is 0 Å². The number of halogens is 1. The van der Waals surface area contributed by atoms with Crippen molar-refractivity contribution in [1.82, 2.24) is 14.3 Å². The zero-order valence-electron chi connectivity index (χ0n) is 10.2. The molecule has 4 nitrogen and oxygen atoms in total. The van der Waals surface area contributed by atoms with Crippen molar-refractivity contribution in [3.8, 4) is 0 Å². The van der Waals surface area contributed by atoms with E-state index >= 15 is 0 Å². The third kappa shape index (κ3) is 2.36. The van der Waals surface area contributed by atoms with Crippen LogP contribution in [0.25, 0.3) is 5.52 Å².